The highest BCUT2D eigenvalue weighted by molar-refractivity contribution is 5.99. The van der Waals surface area contributed by atoms with Gasteiger partial charge >= 0.3 is 0 Å². The molecule has 6 nitrogen and oxygen atoms in total. The Bertz CT molecular complexity index is 688. The van der Waals surface area contributed by atoms with Crippen LogP contribution in [0.5, 0.6) is 0 Å². The van der Waals surface area contributed by atoms with Gasteiger partial charge in [0.25, 0.3) is 5.91 Å². The number of aromatic nitrogens is 3. The summed E-state index contributed by atoms with van der Waals surface area (Å²) in [6.45, 7) is 1.92. The number of piperidine rings is 1. The largest absolute Gasteiger partial charge is 0.349 e. The number of aryl methyl sites for hydroxylation is 1. The van der Waals surface area contributed by atoms with E-state index in [-0.39, 0.29) is 24.4 Å². The lowest BCUT2D eigenvalue weighted by Gasteiger charge is -2.29. The lowest BCUT2D eigenvalue weighted by molar-refractivity contribution is 0.0925. The van der Waals surface area contributed by atoms with Gasteiger partial charge in [-0.3, -0.25) is 4.79 Å². The minimum Gasteiger partial charge on any atom is -0.349 e. The first-order chi connectivity index (χ1) is 10.2. The number of fused-ring (bicyclic) bond motifs is 3. The average molecular weight is 322 g/mol. The molecule has 1 amide bonds. The Morgan fingerprint density at radius 2 is 2.09 bits per heavy atom. The van der Waals surface area contributed by atoms with Gasteiger partial charge in [0.1, 0.15) is 5.56 Å². The summed E-state index contributed by atoms with van der Waals surface area (Å²) in [5.74, 6) is -0.0607. The number of carbonyl (C=O) groups excluding carboxylic acids is 1. The van der Waals surface area contributed by atoms with E-state index in [2.05, 4.69) is 20.7 Å². The van der Waals surface area contributed by atoms with Crippen molar-refractivity contribution >= 4 is 24.0 Å². The van der Waals surface area contributed by atoms with Crippen molar-refractivity contribution in [2.24, 2.45) is 0 Å². The number of carbonyl (C=O) groups is 1. The van der Waals surface area contributed by atoms with Crippen LogP contribution in [-0.4, -0.2) is 38.6 Å². The van der Waals surface area contributed by atoms with Crippen LogP contribution in [0.1, 0.15) is 41.7 Å². The smallest absolute Gasteiger partial charge is 0.256 e. The van der Waals surface area contributed by atoms with Crippen LogP contribution in [-0.2, 0) is 0 Å². The summed E-state index contributed by atoms with van der Waals surface area (Å²) in [6, 6.07) is 3.28. The van der Waals surface area contributed by atoms with E-state index in [1.165, 1.54) is 12.8 Å². The van der Waals surface area contributed by atoms with Gasteiger partial charge < -0.3 is 10.6 Å². The molecule has 0 aliphatic carbocycles. The molecular weight excluding hydrogens is 302 g/mol. The van der Waals surface area contributed by atoms with Crippen LogP contribution in [0.15, 0.2) is 18.5 Å². The average Bonchev–Trinajstić information content (AvgIpc) is 3.02. The first-order valence-corrected chi connectivity index (χ1v) is 7.57. The Morgan fingerprint density at radius 1 is 1.36 bits per heavy atom. The van der Waals surface area contributed by atoms with Gasteiger partial charge in [-0.25, -0.2) is 9.50 Å². The summed E-state index contributed by atoms with van der Waals surface area (Å²) in [6.07, 6.45) is 7.94. The van der Waals surface area contributed by atoms with Crippen molar-refractivity contribution in [1.82, 2.24) is 25.2 Å². The second-order valence-electron chi connectivity index (χ2n) is 6.17. The van der Waals surface area contributed by atoms with Crippen molar-refractivity contribution in [1.29, 1.82) is 0 Å². The molecule has 0 saturated carbocycles. The maximum Gasteiger partial charge on any atom is 0.256 e. The van der Waals surface area contributed by atoms with Crippen molar-refractivity contribution < 1.29 is 4.79 Å². The second kappa shape index (κ2) is 5.85. The molecule has 22 heavy (non-hydrogen) atoms. The van der Waals surface area contributed by atoms with E-state index in [4.69, 9.17) is 0 Å². The maximum atomic E-state index is 12.5. The molecule has 2 atom stereocenters. The number of amides is 1. The van der Waals surface area contributed by atoms with E-state index in [1.54, 1.807) is 10.7 Å². The van der Waals surface area contributed by atoms with E-state index < -0.39 is 0 Å². The van der Waals surface area contributed by atoms with Crippen molar-refractivity contribution in [3.8, 4) is 0 Å². The summed E-state index contributed by atoms with van der Waals surface area (Å²) in [5, 5.41) is 10.9. The molecule has 2 bridgehead atoms. The van der Waals surface area contributed by atoms with Gasteiger partial charge in [-0.15, -0.1) is 12.4 Å². The Balaban J connectivity index is 0.00000144. The predicted molar refractivity (Wildman–Crippen MR) is 85.4 cm³/mol. The highest BCUT2D eigenvalue weighted by atomic mass is 35.5. The molecule has 2 saturated heterocycles. The fourth-order valence-corrected chi connectivity index (χ4v) is 3.56. The lowest BCUT2D eigenvalue weighted by Crippen LogP contribution is -2.48. The third kappa shape index (κ3) is 2.68. The van der Waals surface area contributed by atoms with E-state index in [1.807, 2.05) is 19.2 Å². The fraction of sp³-hybridized carbons (Fsp3) is 0.533. The summed E-state index contributed by atoms with van der Waals surface area (Å²) in [7, 11) is 0. The van der Waals surface area contributed by atoms with Crippen molar-refractivity contribution in [2.75, 3.05) is 0 Å². The van der Waals surface area contributed by atoms with E-state index in [9.17, 15) is 4.79 Å². The molecule has 2 unspecified atom stereocenters. The third-order valence-corrected chi connectivity index (χ3v) is 4.56. The molecule has 2 aliphatic rings. The number of nitrogens with one attached hydrogen (secondary N) is 2. The predicted octanol–water partition coefficient (Wildman–Crippen LogP) is 1.47. The molecule has 4 heterocycles. The number of halogens is 1. The standard InChI is InChI=1S/C15H19N5O.ClH/c1-9-4-5-20-14(17-9)13(8-16-20)15(21)19-12-6-10-2-3-11(7-12)18-10;/h4-5,8,10-12,18H,2-3,6-7H2,1H3,(H,19,21);1H. The summed E-state index contributed by atoms with van der Waals surface area (Å²) < 4.78 is 1.65. The molecule has 7 heteroatoms. The molecule has 4 rings (SSSR count). The SMILES string of the molecule is Cc1ccn2ncc(C(=O)NC3CC4CCC(C3)N4)c2n1.Cl. The van der Waals surface area contributed by atoms with Gasteiger partial charge in [-0.1, -0.05) is 0 Å². The summed E-state index contributed by atoms with van der Waals surface area (Å²) >= 11 is 0. The normalized spacial score (nSPS) is 26.7. The van der Waals surface area contributed by atoms with Gasteiger partial charge in [0.05, 0.1) is 6.20 Å². The van der Waals surface area contributed by atoms with Gasteiger partial charge in [-0.2, -0.15) is 5.10 Å². The number of hydrogen-bond donors (Lipinski definition) is 2. The molecule has 118 valence electrons. The van der Waals surface area contributed by atoms with Crippen LogP contribution in [0.25, 0.3) is 5.65 Å². The third-order valence-electron chi connectivity index (χ3n) is 4.56. The summed E-state index contributed by atoms with van der Waals surface area (Å²) in [5.41, 5.74) is 2.07. The van der Waals surface area contributed by atoms with E-state index >= 15 is 0 Å². The molecule has 2 aromatic rings. The first kappa shape index (κ1) is 15.2. The van der Waals surface area contributed by atoms with Crippen LogP contribution >= 0.6 is 12.4 Å². The van der Waals surface area contributed by atoms with Gasteiger partial charge in [-0.05, 0) is 38.7 Å². The molecule has 2 fully saturated rings. The van der Waals surface area contributed by atoms with Crippen LogP contribution in [0.2, 0.25) is 0 Å². The zero-order chi connectivity index (χ0) is 14.4. The van der Waals surface area contributed by atoms with Gasteiger partial charge in [0.15, 0.2) is 5.65 Å². The Kier molecular flexibility index (Phi) is 4.06. The quantitative estimate of drug-likeness (QED) is 0.878. The Morgan fingerprint density at radius 3 is 2.82 bits per heavy atom. The van der Waals surface area contributed by atoms with Crippen LogP contribution in [0.3, 0.4) is 0 Å². The molecule has 0 radical (unpaired) electrons. The molecule has 2 aliphatic heterocycles. The molecular formula is C15H20ClN5O. The molecule has 2 N–H and O–H groups in total. The highest BCUT2D eigenvalue weighted by Crippen LogP contribution is 2.27. The Labute approximate surface area is 135 Å². The fourth-order valence-electron chi connectivity index (χ4n) is 3.56. The topological polar surface area (TPSA) is 71.3 Å². The summed E-state index contributed by atoms with van der Waals surface area (Å²) in [4.78, 5) is 16.9. The van der Waals surface area contributed by atoms with E-state index in [0.29, 0.717) is 23.3 Å². The minimum atomic E-state index is -0.0607. The first-order valence-electron chi connectivity index (χ1n) is 7.57. The number of nitrogens with zero attached hydrogens (tertiary/aromatic N) is 3. The van der Waals surface area contributed by atoms with Crippen molar-refractivity contribution in [3.63, 3.8) is 0 Å². The molecule has 0 aromatic carbocycles. The van der Waals surface area contributed by atoms with Crippen LogP contribution in [0, 0.1) is 6.92 Å². The Hall–Kier alpha value is -1.66. The minimum absolute atomic E-state index is 0. The second-order valence-corrected chi connectivity index (χ2v) is 6.17. The zero-order valence-electron chi connectivity index (χ0n) is 12.5. The van der Waals surface area contributed by atoms with Crippen LogP contribution < -0.4 is 10.6 Å². The lowest BCUT2D eigenvalue weighted by atomic mass is 9.99. The van der Waals surface area contributed by atoms with Gasteiger partial charge in [0.2, 0.25) is 0 Å². The maximum absolute atomic E-state index is 12.5. The molecule has 0 spiro atoms. The number of hydrogen-bond acceptors (Lipinski definition) is 4. The van der Waals surface area contributed by atoms with Crippen molar-refractivity contribution in [3.05, 3.63) is 29.7 Å². The van der Waals surface area contributed by atoms with Crippen molar-refractivity contribution in [2.45, 2.75) is 50.7 Å². The zero-order valence-corrected chi connectivity index (χ0v) is 13.3. The van der Waals surface area contributed by atoms with Gasteiger partial charge in [0, 0.05) is 30.0 Å². The van der Waals surface area contributed by atoms with Crippen LogP contribution in [0.4, 0.5) is 0 Å². The monoisotopic (exact) mass is 321 g/mol. The van der Waals surface area contributed by atoms with E-state index in [0.717, 1.165) is 18.5 Å². The number of rotatable bonds is 2. The highest BCUT2D eigenvalue weighted by Gasteiger charge is 2.34. The molecule has 2 aromatic heterocycles.